The molecule has 3 N–H and O–H groups in total. The molecule has 0 atom stereocenters. The predicted molar refractivity (Wildman–Crippen MR) is 69.4 cm³/mol. The molecule has 5 nitrogen and oxygen atoms in total. The van der Waals surface area contributed by atoms with E-state index in [-0.39, 0.29) is 16.9 Å². The second-order valence-electron chi connectivity index (χ2n) is 4.89. The van der Waals surface area contributed by atoms with E-state index >= 15 is 0 Å². The van der Waals surface area contributed by atoms with E-state index < -0.39 is 5.60 Å². The van der Waals surface area contributed by atoms with Gasteiger partial charge in [-0.1, -0.05) is 11.6 Å². The normalized spacial score (nSPS) is 18.7. The third-order valence-electron chi connectivity index (χ3n) is 3.19. The SMILES string of the molecule is CC1(O)CCN(C(=O)c2cc(N)nc(Cl)c2)CC1. The van der Waals surface area contributed by atoms with E-state index in [1.807, 2.05) is 0 Å². The van der Waals surface area contributed by atoms with Gasteiger partial charge in [0.1, 0.15) is 11.0 Å². The lowest BCUT2D eigenvalue weighted by molar-refractivity contribution is -0.00202. The molecule has 98 valence electrons. The fourth-order valence-corrected chi connectivity index (χ4v) is 2.23. The van der Waals surface area contributed by atoms with Crippen molar-refractivity contribution in [3.63, 3.8) is 0 Å². The Morgan fingerprint density at radius 1 is 1.50 bits per heavy atom. The van der Waals surface area contributed by atoms with Crippen molar-refractivity contribution in [3.05, 3.63) is 22.8 Å². The number of aromatic nitrogens is 1. The van der Waals surface area contributed by atoms with Crippen LogP contribution in [0.2, 0.25) is 5.15 Å². The van der Waals surface area contributed by atoms with Gasteiger partial charge in [-0.25, -0.2) is 4.98 Å². The highest BCUT2D eigenvalue weighted by molar-refractivity contribution is 6.29. The Morgan fingerprint density at radius 3 is 2.67 bits per heavy atom. The van der Waals surface area contributed by atoms with Gasteiger partial charge in [0.05, 0.1) is 5.60 Å². The molecule has 0 aliphatic carbocycles. The summed E-state index contributed by atoms with van der Waals surface area (Å²) in [7, 11) is 0. The molecule has 1 fully saturated rings. The number of pyridine rings is 1. The quantitative estimate of drug-likeness (QED) is 0.753. The van der Waals surface area contributed by atoms with Crippen molar-refractivity contribution < 1.29 is 9.90 Å². The summed E-state index contributed by atoms with van der Waals surface area (Å²) in [6, 6.07) is 3.02. The fraction of sp³-hybridized carbons (Fsp3) is 0.500. The molecule has 2 heterocycles. The lowest BCUT2D eigenvalue weighted by Crippen LogP contribution is -2.45. The molecule has 1 aliphatic heterocycles. The first kappa shape index (κ1) is 13.1. The van der Waals surface area contributed by atoms with Gasteiger partial charge in [0.15, 0.2) is 0 Å². The number of aliphatic hydroxyl groups is 1. The number of carbonyl (C=O) groups excluding carboxylic acids is 1. The van der Waals surface area contributed by atoms with E-state index in [9.17, 15) is 9.90 Å². The zero-order valence-electron chi connectivity index (χ0n) is 10.2. The average Bonchev–Trinajstić information content (AvgIpc) is 2.27. The summed E-state index contributed by atoms with van der Waals surface area (Å²) in [4.78, 5) is 17.7. The van der Waals surface area contributed by atoms with Crippen LogP contribution in [0.3, 0.4) is 0 Å². The second-order valence-corrected chi connectivity index (χ2v) is 5.28. The standard InChI is InChI=1S/C12H16ClN3O2/c1-12(18)2-4-16(5-3-12)11(17)8-6-9(13)15-10(14)7-8/h6-7,18H,2-5H2,1H3,(H2,14,15). The lowest BCUT2D eigenvalue weighted by Gasteiger charge is -2.35. The first-order chi connectivity index (χ1) is 8.37. The molecule has 1 aliphatic rings. The average molecular weight is 270 g/mol. The van der Waals surface area contributed by atoms with Gasteiger partial charge >= 0.3 is 0 Å². The van der Waals surface area contributed by atoms with E-state index in [0.29, 0.717) is 31.5 Å². The molecule has 0 spiro atoms. The van der Waals surface area contributed by atoms with Crippen molar-refractivity contribution in [1.82, 2.24) is 9.88 Å². The summed E-state index contributed by atoms with van der Waals surface area (Å²) in [5.74, 6) is 0.108. The topological polar surface area (TPSA) is 79.5 Å². The maximum absolute atomic E-state index is 12.2. The Balaban J connectivity index is 2.12. The highest BCUT2D eigenvalue weighted by atomic mass is 35.5. The van der Waals surface area contributed by atoms with Gasteiger partial charge in [0.2, 0.25) is 0 Å². The van der Waals surface area contributed by atoms with E-state index in [1.54, 1.807) is 11.8 Å². The van der Waals surface area contributed by atoms with Gasteiger partial charge in [0.25, 0.3) is 5.91 Å². The van der Waals surface area contributed by atoms with Crippen LogP contribution >= 0.6 is 11.6 Å². The van der Waals surface area contributed by atoms with Crippen LogP contribution in [0, 0.1) is 0 Å². The zero-order valence-corrected chi connectivity index (χ0v) is 10.9. The van der Waals surface area contributed by atoms with Crippen LogP contribution in [0.1, 0.15) is 30.1 Å². The maximum Gasteiger partial charge on any atom is 0.254 e. The van der Waals surface area contributed by atoms with Crippen molar-refractivity contribution in [2.45, 2.75) is 25.4 Å². The van der Waals surface area contributed by atoms with Crippen molar-refractivity contribution in [1.29, 1.82) is 0 Å². The minimum absolute atomic E-state index is 0.124. The van der Waals surface area contributed by atoms with Crippen LogP contribution in [0.5, 0.6) is 0 Å². The number of hydrogen-bond donors (Lipinski definition) is 2. The van der Waals surface area contributed by atoms with Gasteiger partial charge in [-0.2, -0.15) is 0 Å². The smallest absolute Gasteiger partial charge is 0.254 e. The number of anilines is 1. The number of likely N-dealkylation sites (tertiary alicyclic amines) is 1. The van der Waals surface area contributed by atoms with Crippen LogP contribution in [0.25, 0.3) is 0 Å². The first-order valence-corrected chi connectivity index (χ1v) is 6.20. The van der Waals surface area contributed by atoms with E-state index in [1.165, 1.54) is 12.1 Å². The van der Waals surface area contributed by atoms with Crippen molar-refractivity contribution >= 4 is 23.3 Å². The fourth-order valence-electron chi connectivity index (χ4n) is 2.01. The summed E-state index contributed by atoms with van der Waals surface area (Å²) in [5, 5.41) is 10.1. The Morgan fingerprint density at radius 2 is 2.11 bits per heavy atom. The third kappa shape index (κ3) is 2.91. The van der Waals surface area contributed by atoms with Crippen LogP contribution in [0.4, 0.5) is 5.82 Å². The monoisotopic (exact) mass is 269 g/mol. The van der Waals surface area contributed by atoms with E-state index in [0.717, 1.165) is 0 Å². The summed E-state index contributed by atoms with van der Waals surface area (Å²) in [6.45, 7) is 2.85. The number of piperidine rings is 1. The van der Waals surface area contributed by atoms with E-state index in [2.05, 4.69) is 4.98 Å². The lowest BCUT2D eigenvalue weighted by atomic mass is 9.93. The molecular formula is C12H16ClN3O2. The highest BCUT2D eigenvalue weighted by Gasteiger charge is 2.30. The number of nitrogen functional groups attached to an aromatic ring is 1. The summed E-state index contributed by atoms with van der Waals surface area (Å²) in [6.07, 6.45) is 1.15. The van der Waals surface area contributed by atoms with Crippen LogP contribution in [-0.2, 0) is 0 Å². The van der Waals surface area contributed by atoms with Gasteiger partial charge in [0, 0.05) is 18.7 Å². The molecule has 6 heteroatoms. The number of nitrogens with two attached hydrogens (primary N) is 1. The number of carbonyl (C=O) groups is 1. The Hall–Kier alpha value is -1.33. The number of halogens is 1. The van der Waals surface area contributed by atoms with Gasteiger partial charge < -0.3 is 15.7 Å². The molecule has 1 saturated heterocycles. The molecule has 1 aromatic rings. The Kier molecular flexibility index (Phi) is 3.45. The molecule has 0 radical (unpaired) electrons. The summed E-state index contributed by atoms with van der Waals surface area (Å²) in [5.41, 5.74) is 5.33. The number of amides is 1. The van der Waals surface area contributed by atoms with Gasteiger partial charge in [-0.15, -0.1) is 0 Å². The molecule has 18 heavy (non-hydrogen) atoms. The number of nitrogens with zero attached hydrogens (tertiary/aromatic N) is 2. The van der Waals surface area contributed by atoms with Crippen LogP contribution < -0.4 is 5.73 Å². The Bertz CT molecular complexity index is 446. The van der Waals surface area contributed by atoms with Crippen LogP contribution in [-0.4, -0.2) is 39.6 Å². The largest absolute Gasteiger partial charge is 0.390 e. The molecule has 0 bridgehead atoms. The number of rotatable bonds is 1. The summed E-state index contributed by atoms with van der Waals surface area (Å²) >= 11 is 5.78. The molecule has 2 rings (SSSR count). The second kappa shape index (κ2) is 4.74. The summed E-state index contributed by atoms with van der Waals surface area (Å²) < 4.78 is 0. The van der Waals surface area contributed by atoms with Crippen LogP contribution in [0.15, 0.2) is 12.1 Å². The molecule has 1 amide bonds. The van der Waals surface area contributed by atoms with Gasteiger partial charge in [-0.05, 0) is 31.9 Å². The molecule has 1 aromatic heterocycles. The van der Waals surface area contributed by atoms with Gasteiger partial charge in [-0.3, -0.25) is 4.79 Å². The van der Waals surface area contributed by atoms with E-state index in [4.69, 9.17) is 17.3 Å². The zero-order chi connectivity index (χ0) is 13.3. The maximum atomic E-state index is 12.2. The molecule has 0 aromatic carbocycles. The Labute approximate surface area is 111 Å². The van der Waals surface area contributed by atoms with Crippen molar-refractivity contribution in [2.24, 2.45) is 0 Å². The third-order valence-corrected chi connectivity index (χ3v) is 3.38. The molecule has 0 saturated carbocycles. The minimum Gasteiger partial charge on any atom is -0.390 e. The highest BCUT2D eigenvalue weighted by Crippen LogP contribution is 2.23. The minimum atomic E-state index is -0.675. The molecule has 0 unspecified atom stereocenters. The number of hydrogen-bond acceptors (Lipinski definition) is 4. The first-order valence-electron chi connectivity index (χ1n) is 5.82. The van der Waals surface area contributed by atoms with Crippen molar-refractivity contribution in [3.8, 4) is 0 Å². The van der Waals surface area contributed by atoms with Crippen molar-refractivity contribution in [2.75, 3.05) is 18.8 Å². The predicted octanol–water partition coefficient (Wildman–Crippen LogP) is 1.30. The molecular weight excluding hydrogens is 254 g/mol.